The zero-order valence-electron chi connectivity index (χ0n) is 15.3. The number of H-pyrrole nitrogens is 1. The molecule has 1 fully saturated rings. The predicted molar refractivity (Wildman–Crippen MR) is 106 cm³/mol. The van der Waals surface area contributed by atoms with Crippen LogP contribution in [0, 0.1) is 5.92 Å². The maximum absolute atomic E-state index is 12.7. The Labute approximate surface area is 159 Å². The van der Waals surface area contributed by atoms with Crippen molar-refractivity contribution in [2.24, 2.45) is 5.92 Å². The normalized spacial score (nSPS) is 16.7. The van der Waals surface area contributed by atoms with Crippen molar-refractivity contribution in [1.82, 2.24) is 15.1 Å². The van der Waals surface area contributed by atoms with Crippen LogP contribution in [-0.2, 0) is 17.8 Å². The number of aromatic nitrogens is 2. The van der Waals surface area contributed by atoms with Gasteiger partial charge in [0.2, 0.25) is 5.91 Å². The van der Waals surface area contributed by atoms with Gasteiger partial charge in [0.05, 0.1) is 5.69 Å². The standard InChI is InChI=1S/C23H23N3O/c27-23(19-7-4-8-19)26-14-13-21-20(15-26)22(25-24-21)18-11-9-17(10-12-18)16-5-2-1-3-6-16/h1-3,5-6,9-12,19H,4,7-8,13-15H2,(H,24,25). The van der Waals surface area contributed by atoms with Gasteiger partial charge in [0.1, 0.15) is 0 Å². The van der Waals surface area contributed by atoms with Crippen molar-refractivity contribution in [3.05, 3.63) is 65.9 Å². The molecule has 1 saturated carbocycles. The van der Waals surface area contributed by atoms with Crippen LogP contribution >= 0.6 is 0 Å². The number of nitrogens with one attached hydrogen (secondary N) is 1. The Kier molecular flexibility index (Phi) is 4.04. The number of hydrogen-bond donors (Lipinski definition) is 1. The second kappa shape index (κ2) is 6.69. The molecular formula is C23H23N3O. The van der Waals surface area contributed by atoms with E-state index in [1.54, 1.807) is 0 Å². The number of nitrogens with zero attached hydrogens (tertiary/aromatic N) is 2. The maximum Gasteiger partial charge on any atom is 0.225 e. The summed E-state index contributed by atoms with van der Waals surface area (Å²) >= 11 is 0. The topological polar surface area (TPSA) is 49.0 Å². The summed E-state index contributed by atoms with van der Waals surface area (Å²) in [5, 5.41) is 7.78. The largest absolute Gasteiger partial charge is 0.338 e. The first-order valence-electron chi connectivity index (χ1n) is 9.80. The lowest BCUT2D eigenvalue weighted by molar-refractivity contribution is -0.139. The molecule has 2 aliphatic rings. The summed E-state index contributed by atoms with van der Waals surface area (Å²) in [6.45, 7) is 1.48. The van der Waals surface area contributed by atoms with Gasteiger partial charge in [-0.2, -0.15) is 5.10 Å². The van der Waals surface area contributed by atoms with Crippen molar-refractivity contribution in [2.75, 3.05) is 6.54 Å². The van der Waals surface area contributed by atoms with E-state index >= 15 is 0 Å². The molecule has 1 aromatic heterocycles. The van der Waals surface area contributed by atoms with Gasteiger partial charge in [0.25, 0.3) is 0 Å². The summed E-state index contributed by atoms with van der Waals surface area (Å²) in [5.41, 5.74) is 6.85. The highest BCUT2D eigenvalue weighted by Gasteiger charge is 2.32. The lowest BCUT2D eigenvalue weighted by Gasteiger charge is -2.34. The third-order valence-electron chi connectivity index (χ3n) is 5.97. The predicted octanol–water partition coefficient (Wildman–Crippen LogP) is 4.43. The molecule has 1 aliphatic heterocycles. The summed E-state index contributed by atoms with van der Waals surface area (Å²) in [6.07, 6.45) is 4.17. The summed E-state index contributed by atoms with van der Waals surface area (Å²) < 4.78 is 0. The molecule has 4 nitrogen and oxygen atoms in total. The van der Waals surface area contributed by atoms with Gasteiger partial charge < -0.3 is 4.90 Å². The first-order chi connectivity index (χ1) is 13.3. The molecule has 0 unspecified atom stereocenters. The van der Waals surface area contributed by atoms with E-state index in [-0.39, 0.29) is 5.92 Å². The van der Waals surface area contributed by atoms with E-state index in [1.165, 1.54) is 28.8 Å². The van der Waals surface area contributed by atoms with Gasteiger partial charge in [-0.25, -0.2) is 0 Å². The molecule has 27 heavy (non-hydrogen) atoms. The van der Waals surface area contributed by atoms with Gasteiger partial charge in [0.15, 0.2) is 0 Å². The number of rotatable bonds is 3. The summed E-state index contributed by atoms with van der Waals surface area (Å²) in [7, 11) is 0. The lowest BCUT2D eigenvalue weighted by atomic mass is 9.84. The summed E-state index contributed by atoms with van der Waals surface area (Å²) in [5.74, 6) is 0.588. The molecule has 0 saturated heterocycles. The molecule has 1 N–H and O–H groups in total. The fourth-order valence-electron chi connectivity index (χ4n) is 4.09. The highest BCUT2D eigenvalue weighted by atomic mass is 16.2. The van der Waals surface area contributed by atoms with E-state index in [1.807, 2.05) is 11.0 Å². The van der Waals surface area contributed by atoms with Gasteiger partial charge in [-0.3, -0.25) is 9.89 Å². The minimum Gasteiger partial charge on any atom is -0.338 e. The Morgan fingerprint density at radius 1 is 0.963 bits per heavy atom. The third kappa shape index (κ3) is 2.95. The molecule has 1 aliphatic carbocycles. The van der Waals surface area contributed by atoms with Crippen LogP contribution in [0.1, 0.15) is 30.5 Å². The van der Waals surface area contributed by atoms with Crippen LogP contribution < -0.4 is 0 Å². The summed E-state index contributed by atoms with van der Waals surface area (Å²) in [4.78, 5) is 14.7. The molecule has 3 aromatic rings. The van der Waals surface area contributed by atoms with Gasteiger partial charge in [0, 0.05) is 42.2 Å². The van der Waals surface area contributed by atoms with Crippen molar-refractivity contribution in [2.45, 2.75) is 32.2 Å². The van der Waals surface area contributed by atoms with E-state index in [4.69, 9.17) is 0 Å². The third-order valence-corrected chi connectivity index (χ3v) is 5.97. The molecule has 5 rings (SSSR count). The first-order valence-corrected chi connectivity index (χ1v) is 9.80. The first kappa shape index (κ1) is 16.3. The van der Waals surface area contributed by atoms with Crippen molar-refractivity contribution in [1.29, 1.82) is 0 Å². The number of fused-ring (bicyclic) bond motifs is 1. The van der Waals surface area contributed by atoms with E-state index in [9.17, 15) is 4.79 Å². The fraction of sp³-hybridized carbons (Fsp3) is 0.304. The van der Waals surface area contributed by atoms with Crippen LogP contribution in [0.25, 0.3) is 22.4 Å². The quantitative estimate of drug-likeness (QED) is 0.754. The molecule has 4 heteroatoms. The molecule has 2 heterocycles. The number of carbonyl (C=O) groups excluding carboxylic acids is 1. The van der Waals surface area contributed by atoms with E-state index in [0.29, 0.717) is 12.5 Å². The second-order valence-electron chi connectivity index (χ2n) is 7.61. The number of amides is 1. The molecule has 0 radical (unpaired) electrons. The molecular weight excluding hydrogens is 334 g/mol. The van der Waals surface area contributed by atoms with Crippen LogP contribution in [0.4, 0.5) is 0 Å². The molecule has 1 amide bonds. The van der Waals surface area contributed by atoms with E-state index < -0.39 is 0 Å². The highest BCUT2D eigenvalue weighted by Crippen LogP contribution is 2.33. The SMILES string of the molecule is O=C(C1CCC1)N1CCc2[nH]nc(-c3ccc(-c4ccccc4)cc3)c2C1. The number of benzene rings is 2. The zero-order valence-corrected chi connectivity index (χ0v) is 15.3. The van der Waals surface area contributed by atoms with Crippen molar-refractivity contribution >= 4 is 5.91 Å². The molecule has 0 bridgehead atoms. The number of aromatic amines is 1. The number of hydrogen-bond acceptors (Lipinski definition) is 2. The second-order valence-corrected chi connectivity index (χ2v) is 7.61. The van der Waals surface area contributed by atoms with E-state index in [2.05, 4.69) is 58.7 Å². The minimum atomic E-state index is 0.257. The Morgan fingerprint density at radius 2 is 1.67 bits per heavy atom. The van der Waals surface area contributed by atoms with Crippen molar-refractivity contribution < 1.29 is 4.79 Å². The average molecular weight is 357 g/mol. The fourth-order valence-corrected chi connectivity index (χ4v) is 4.09. The summed E-state index contributed by atoms with van der Waals surface area (Å²) in [6, 6.07) is 18.9. The van der Waals surface area contributed by atoms with Crippen LogP contribution in [0.2, 0.25) is 0 Å². The van der Waals surface area contributed by atoms with Crippen LogP contribution in [0.15, 0.2) is 54.6 Å². The van der Waals surface area contributed by atoms with E-state index in [0.717, 1.165) is 37.1 Å². The van der Waals surface area contributed by atoms with Crippen molar-refractivity contribution in [3.8, 4) is 22.4 Å². The molecule has 0 atom stereocenters. The maximum atomic E-state index is 12.7. The van der Waals surface area contributed by atoms with Crippen LogP contribution in [-0.4, -0.2) is 27.5 Å². The van der Waals surface area contributed by atoms with Gasteiger partial charge in [-0.1, -0.05) is 61.0 Å². The van der Waals surface area contributed by atoms with Crippen molar-refractivity contribution in [3.63, 3.8) is 0 Å². The molecule has 2 aromatic carbocycles. The van der Waals surface area contributed by atoms with Gasteiger partial charge >= 0.3 is 0 Å². The Balaban J connectivity index is 1.41. The lowest BCUT2D eigenvalue weighted by Crippen LogP contribution is -2.41. The zero-order chi connectivity index (χ0) is 18.2. The Bertz CT molecular complexity index is 955. The highest BCUT2D eigenvalue weighted by molar-refractivity contribution is 5.80. The van der Waals surface area contributed by atoms with Gasteiger partial charge in [-0.15, -0.1) is 0 Å². The monoisotopic (exact) mass is 357 g/mol. The molecule has 0 spiro atoms. The smallest absolute Gasteiger partial charge is 0.225 e. The van der Waals surface area contributed by atoms with Crippen LogP contribution in [0.5, 0.6) is 0 Å². The Hall–Kier alpha value is -2.88. The number of carbonyl (C=O) groups is 1. The average Bonchev–Trinajstić information content (AvgIpc) is 3.10. The Morgan fingerprint density at radius 3 is 2.37 bits per heavy atom. The van der Waals surface area contributed by atoms with Gasteiger partial charge in [-0.05, 0) is 24.0 Å². The molecule has 136 valence electrons. The van der Waals surface area contributed by atoms with Crippen LogP contribution in [0.3, 0.4) is 0 Å². The minimum absolute atomic E-state index is 0.257.